The van der Waals surface area contributed by atoms with Crippen LogP contribution in [0.5, 0.6) is 0 Å². The summed E-state index contributed by atoms with van der Waals surface area (Å²) in [6, 6.07) is 14.1. The molecule has 0 bridgehead atoms. The van der Waals surface area contributed by atoms with Crippen molar-refractivity contribution in [3.05, 3.63) is 54.2 Å². The number of benzene rings is 2. The van der Waals surface area contributed by atoms with Crippen LogP contribution in [0.25, 0.3) is 10.8 Å². The molecule has 4 heterocycles. The van der Waals surface area contributed by atoms with E-state index in [2.05, 4.69) is 22.8 Å². The zero-order valence-electron chi connectivity index (χ0n) is 20.3. The Kier molecular flexibility index (Phi) is 5.29. The van der Waals surface area contributed by atoms with Gasteiger partial charge in [0.15, 0.2) is 5.82 Å². The summed E-state index contributed by atoms with van der Waals surface area (Å²) in [6.07, 6.45) is 4.16. The lowest BCUT2D eigenvalue weighted by Crippen LogP contribution is -2.53. The Labute approximate surface area is 204 Å². The first kappa shape index (κ1) is 21.8. The number of carbonyl (C=O) groups excluding carboxylic acids is 1. The largest absolute Gasteiger partial charge is 0.330 e. The van der Waals surface area contributed by atoms with E-state index in [0.717, 1.165) is 54.0 Å². The molecule has 0 aliphatic carbocycles. The van der Waals surface area contributed by atoms with Gasteiger partial charge < -0.3 is 20.4 Å². The van der Waals surface area contributed by atoms with Gasteiger partial charge in [-0.3, -0.25) is 9.48 Å². The summed E-state index contributed by atoms with van der Waals surface area (Å²) in [7, 11) is 3.82. The lowest BCUT2D eigenvalue weighted by Gasteiger charge is -2.35. The second-order valence-corrected chi connectivity index (χ2v) is 9.59. The maximum absolute atomic E-state index is 13.5. The van der Waals surface area contributed by atoms with E-state index in [1.54, 1.807) is 4.90 Å². The van der Waals surface area contributed by atoms with Crippen LogP contribution in [-0.4, -0.2) is 71.7 Å². The lowest BCUT2D eigenvalue weighted by atomic mass is 10.0. The normalized spacial score (nSPS) is 22.9. The molecule has 35 heavy (non-hydrogen) atoms. The lowest BCUT2D eigenvalue weighted by molar-refractivity contribution is 0.0762. The number of rotatable bonds is 2. The van der Waals surface area contributed by atoms with Crippen LogP contribution in [0.3, 0.4) is 0 Å². The van der Waals surface area contributed by atoms with Crippen molar-refractivity contribution in [3.8, 4) is 0 Å². The highest BCUT2D eigenvalue weighted by molar-refractivity contribution is 6.18. The Balaban J connectivity index is 1.34. The second kappa shape index (κ2) is 8.49. The van der Waals surface area contributed by atoms with Crippen LogP contribution in [0.15, 0.2) is 58.6 Å². The molecule has 1 fully saturated rings. The molecule has 9 nitrogen and oxygen atoms in total. The van der Waals surface area contributed by atoms with Crippen molar-refractivity contribution in [1.29, 1.82) is 0 Å². The van der Waals surface area contributed by atoms with Crippen LogP contribution in [0.4, 0.5) is 11.5 Å². The van der Waals surface area contributed by atoms with Gasteiger partial charge in [0, 0.05) is 26.4 Å². The van der Waals surface area contributed by atoms with Gasteiger partial charge in [-0.05, 0) is 55.8 Å². The zero-order chi connectivity index (χ0) is 24.1. The standard InChI is InChI=1S/C26H30N8O/c1-16-23-24(30-26(28-16)29-22-10-13-34(31-22)19-8-11-27-12-9-19)32(2)21-15-18-7-5-4-6-17(18)14-20(21)25(35)33(23)3/h4-7,10,13-16,19,23,27H,8-9,11-12H2,1-3H3,(H,28,29,31). The van der Waals surface area contributed by atoms with Crippen molar-refractivity contribution in [3.63, 3.8) is 0 Å². The Bertz CT molecular complexity index is 1350. The summed E-state index contributed by atoms with van der Waals surface area (Å²) in [5, 5.41) is 13.6. The molecule has 2 N–H and O–H groups in total. The first-order valence-electron chi connectivity index (χ1n) is 12.2. The van der Waals surface area contributed by atoms with Gasteiger partial charge in [0.1, 0.15) is 11.9 Å². The SMILES string of the molecule is CC1N=C(Nc2ccn(C3CCNCC3)n2)N=C2C1N(C)C(=O)c1cc3ccccc3cc1N2C. The van der Waals surface area contributed by atoms with Gasteiger partial charge in [0.05, 0.1) is 23.3 Å². The maximum atomic E-state index is 13.5. The van der Waals surface area contributed by atoms with E-state index >= 15 is 0 Å². The second-order valence-electron chi connectivity index (χ2n) is 9.59. The number of guanidine groups is 1. The quantitative estimate of drug-likeness (QED) is 0.601. The van der Waals surface area contributed by atoms with Crippen LogP contribution >= 0.6 is 0 Å². The maximum Gasteiger partial charge on any atom is 0.256 e. The van der Waals surface area contributed by atoms with Gasteiger partial charge >= 0.3 is 0 Å². The van der Waals surface area contributed by atoms with Crippen LogP contribution in [0.1, 0.15) is 36.2 Å². The first-order valence-corrected chi connectivity index (χ1v) is 12.2. The number of anilines is 2. The zero-order valence-corrected chi connectivity index (χ0v) is 20.3. The van der Waals surface area contributed by atoms with Crippen molar-refractivity contribution in [2.24, 2.45) is 9.98 Å². The third-order valence-electron chi connectivity index (χ3n) is 7.34. The minimum absolute atomic E-state index is 0.0213. The Morgan fingerprint density at radius 2 is 1.80 bits per heavy atom. The summed E-state index contributed by atoms with van der Waals surface area (Å²) in [5.74, 6) is 2.00. The van der Waals surface area contributed by atoms with Crippen molar-refractivity contribution in [1.82, 2.24) is 20.0 Å². The highest BCUT2D eigenvalue weighted by Gasteiger charge is 2.40. The van der Waals surface area contributed by atoms with Gasteiger partial charge in [-0.15, -0.1) is 0 Å². The Hall–Kier alpha value is -3.72. The molecule has 2 atom stereocenters. The molecule has 3 aliphatic rings. The summed E-state index contributed by atoms with van der Waals surface area (Å²) in [5.41, 5.74) is 1.53. The Morgan fingerprint density at radius 1 is 1.06 bits per heavy atom. The van der Waals surface area contributed by atoms with Crippen LogP contribution < -0.4 is 15.5 Å². The molecule has 1 saturated heterocycles. The molecule has 1 aromatic heterocycles. The molecule has 180 valence electrons. The van der Waals surface area contributed by atoms with Gasteiger partial charge in [0.2, 0.25) is 5.96 Å². The van der Waals surface area contributed by atoms with Crippen LogP contribution in [0.2, 0.25) is 0 Å². The minimum Gasteiger partial charge on any atom is -0.330 e. The topological polar surface area (TPSA) is 90.1 Å². The number of aliphatic imine (C=N–C) groups is 2. The smallest absolute Gasteiger partial charge is 0.256 e. The predicted molar refractivity (Wildman–Crippen MR) is 140 cm³/mol. The Morgan fingerprint density at radius 3 is 2.57 bits per heavy atom. The van der Waals surface area contributed by atoms with Crippen LogP contribution in [0, 0.1) is 0 Å². The summed E-state index contributed by atoms with van der Waals surface area (Å²) in [4.78, 5) is 27.0. The van der Waals surface area contributed by atoms with Gasteiger partial charge in [-0.2, -0.15) is 10.1 Å². The number of hydrogen-bond acceptors (Lipinski definition) is 7. The first-order chi connectivity index (χ1) is 17.0. The molecule has 3 aliphatic heterocycles. The number of carbonyl (C=O) groups is 1. The third kappa shape index (κ3) is 3.76. The molecule has 0 radical (unpaired) electrons. The summed E-state index contributed by atoms with van der Waals surface area (Å²) >= 11 is 0. The molecule has 6 rings (SSSR count). The monoisotopic (exact) mass is 470 g/mol. The van der Waals surface area contributed by atoms with E-state index < -0.39 is 0 Å². The van der Waals surface area contributed by atoms with E-state index in [1.165, 1.54) is 0 Å². The molecule has 0 spiro atoms. The fourth-order valence-electron chi connectivity index (χ4n) is 5.42. The highest BCUT2D eigenvalue weighted by atomic mass is 16.2. The number of aromatic nitrogens is 2. The number of nitrogens with zero attached hydrogens (tertiary/aromatic N) is 6. The third-order valence-corrected chi connectivity index (χ3v) is 7.34. The molecule has 9 heteroatoms. The number of amidine groups is 1. The van der Waals surface area contributed by atoms with Gasteiger partial charge in [-0.25, -0.2) is 4.99 Å². The average molecular weight is 471 g/mol. The van der Waals surface area contributed by atoms with E-state index in [1.807, 2.05) is 67.1 Å². The average Bonchev–Trinajstić information content (AvgIpc) is 3.32. The molecular weight excluding hydrogens is 440 g/mol. The number of piperidine rings is 1. The van der Waals surface area contributed by atoms with Crippen molar-refractivity contribution >= 4 is 40.0 Å². The predicted octanol–water partition coefficient (Wildman–Crippen LogP) is 3.12. The minimum atomic E-state index is -0.263. The summed E-state index contributed by atoms with van der Waals surface area (Å²) < 4.78 is 2.04. The van der Waals surface area contributed by atoms with Gasteiger partial charge in [-0.1, -0.05) is 24.3 Å². The summed E-state index contributed by atoms with van der Waals surface area (Å²) in [6.45, 7) is 4.06. The number of likely N-dealkylation sites (N-methyl/N-ethyl adjacent to an activating group) is 2. The number of fused-ring (bicyclic) bond motifs is 3. The number of amides is 1. The highest BCUT2D eigenvalue weighted by Crippen LogP contribution is 2.33. The van der Waals surface area contributed by atoms with E-state index in [4.69, 9.17) is 15.1 Å². The van der Waals surface area contributed by atoms with Gasteiger partial charge in [0.25, 0.3) is 5.91 Å². The van der Waals surface area contributed by atoms with Crippen LogP contribution in [-0.2, 0) is 0 Å². The molecule has 2 unspecified atom stereocenters. The number of nitrogens with one attached hydrogen (secondary N) is 2. The van der Waals surface area contributed by atoms with Crippen molar-refractivity contribution < 1.29 is 4.79 Å². The fraction of sp³-hybridized carbons (Fsp3) is 0.385. The number of hydrogen-bond donors (Lipinski definition) is 2. The van der Waals surface area contributed by atoms with E-state index in [0.29, 0.717) is 17.6 Å². The molecule has 1 amide bonds. The molecule has 2 aromatic carbocycles. The fourth-order valence-corrected chi connectivity index (χ4v) is 5.42. The van der Waals surface area contributed by atoms with E-state index in [-0.39, 0.29) is 18.0 Å². The molecule has 3 aromatic rings. The van der Waals surface area contributed by atoms with E-state index in [9.17, 15) is 4.79 Å². The molecular formula is C26H30N8O. The van der Waals surface area contributed by atoms with Crippen molar-refractivity contribution in [2.45, 2.75) is 37.9 Å². The molecule has 0 saturated carbocycles. The van der Waals surface area contributed by atoms with Crippen molar-refractivity contribution in [2.75, 3.05) is 37.4 Å².